The highest BCUT2D eigenvalue weighted by molar-refractivity contribution is 5.95. The van der Waals surface area contributed by atoms with Crippen molar-refractivity contribution >= 4 is 17.5 Å². The summed E-state index contributed by atoms with van der Waals surface area (Å²) < 4.78 is 5.00. The summed E-state index contributed by atoms with van der Waals surface area (Å²) >= 11 is 0. The number of hydrogen-bond donors (Lipinski definition) is 2. The largest absolute Gasteiger partial charge is 0.462 e. The SMILES string of the molecule is CCOC(=O)c1cc(NC(CC)CC2CC2)ncc1N. The molecule has 110 valence electrons. The molecule has 3 N–H and O–H groups in total. The maximum atomic E-state index is 11.8. The summed E-state index contributed by atoms with van der Waals surface area (Å²) in [6.45, 7) is 4.27. The molecule has 0 bridgehead atoms. The van der Waals surface area contributed by atoms with Gasteiger partial charge in [-0.3, -0.25) is 0 Å². The Morgan fingerprint density at radius 2 is 2.30 bits per heavy atom. The first-order valence-electron chi connectivity index (χ1n) is 7.33. The van der Waals surface area contributed by atoms with E-state index in [2.05, 4.69) is 17.2 Å². The fourth-order valence-electron chi connectivity index (χ4n) is 2.22. The number of ether oxygens (including phenoxy) is 1. The number of nitrogens with two attached hydrogens (primary N) is 1. The zero-order chi connectivity index (χ0) is 14.5. The van der Waals surface area contributed by atoms with Crippen LogP contribution < -0.4 is 11.1 Å². The number of esters is 1. The number of carbonyl (C=O) groups excluding carboxylic acids is 1. The lowest BCUT2D eigenvalue weighted by molar-refractivity contribution is 0.0527. The number of rotatable bonds is 7. The van der Waals surface area contributed by atoms with Gasteiger partial charge in [-0.2, -0.15) is 0 Å². The summed E-state index contributed by atoms with van der Waals surface area (Å²) in [6.07, 6.45) is 6.38. The van der Waals surface area contributed by atoms with Crippen LogP contribution in [0.1, 0.15) is 49.9 Å². The van der Waals surface area contributed by atoms with Crippen LogP contribution in [0.2, 0.25) is 0 Å². The predicted octanol–water partition coefficient (Wildman–Crippen LogP) is 2.83. The van der Waals surface area contributed by atoms with Crippen molar-refractivity contribution in [1.82, 2.24) is 4.98 Å². The average molecular weight is 277 g/mol. The van der Waals surface area contributed by atoms with Gasteiger partial charge in [0, 0.05) is 6.04 Å². The van der Waals surface area contributed by atoms with Crippen LogP contribution in [0.5, 0.6) is 0 Å². The number of carbonyl (C=O) groups is 1. The van der Waals surface area contributed by atoms with Crippen molar-refractivity contribution in [1.29, 1.82) is 0 Å². The third kappa shape index (κ3) is 3.85. The Labute approximate surface area is 119 Å². The van der Waals surface area contributed by atoms with Gasteiger partial charge >= 0.3 is 5.97 Å². The molecular weight excluding hydrogens is 254 g/mol. The zero-order valence-electron chi connectivity index (χ0n) is 12.2. The highest BCUT2D eigenvalue weighted by Gasteiger charge is 2.25. The molecule has 1 saturated carbocycles. The number of nitrogen functional groups attached to an aromatic ring is 1. The van der Waals surface area contributed by atoms with E-state index in [4.69, 9.17) is 10.5 Å². The second kappa shape index (κ2) is 6.59. The third-order valence-corrected chi connectivity index (χ3v) is 3.59. The van der Waals surface area contributed by atoms with Crippen LogP contribution in [0.15, 0.2) is 12.3 Å². The molecule has 1 unspecified atom stereocenters. The van der Waals surface area contributed by atoms with E-state index in [0.29, 0.717) is 29.7 Å². The Morgan fingerprint density at radius 3 is 2.90 bits per heavy atom. The number of pyridine rings is 1. The molecule has 1 aromatic rings. The van der Waals surface area contributed by atoms with Crippen molar-refractivity contribution in [3.63, 3.8) is 0 Å². The van der Waals surface area contributed by atoms with Crippen LogP contribution in [0.4, 0.5) is 11.5 Å². The van der Waals surface area contributed by atoms with E-state index in [9.17, 15) is 4.79 Å². The fourth-order valence-corrected chi connectivity index (χ4v) is 2.22. The number of hydrogen-bond acceptors (Lipinski definition) is 5. The molecule has 20 heavy (non-hydrogen) atoms. The number of anilines is 2. The molecule has 1 fully saturated rings. The lowest BCUT2D eigenvalue weighted by Gasteiger charge is -2.18. The van der Waals surface area contributed by atoms with Crippen molar-refractivity contribution in [3.05, 3.63) is 17.8 Å². The zero-order valence-corrected chi connectivity index (χ0v) is 12.2. The summed E-state index contributed by atoms with van der Waals surface area (Å²) in [5, 5.41) is 3.39. The number of nitrogens with one attached hydrogen (secondary N) is 1. The maximum Gasteiger partial charge on any atom is 0.340 e. The molecule has 5 nitrogen and oxygen atoms in total. The van der Waals surface area contributed by atoms with Crippen molar-refractivity contribution < 1.29 is 9.53 Å². The molecule has 1 aliphatic rings. The van der Waals surface area contributed by atoms with Crippen LogP contribution in [0.3, 0.4) is 0 Å². The quantitative estimate of drug-likeness (QED) is 0.749. The van der Waals surface area contributed by atoms with Gasteiger partial charge in [0.25, 0.3) is 0 Å². The van der Waals surface area contributed by atoms with Crippen LogP contribution >= 0.6 is 0 Å². The van der Waals surface area contributed by atoms with Gasteiger partial charge in [-0.15, -0.1) is 0 Å². The van der Waals surface area contributed by atoms with Crippen molar-refractivity contribution in [2.24, 2.45) is 5.92 Å². The number of nitrogens with zero attached hydrogens (tertiary/aromatic N) is 1. The summed E-state index contributed by atoms with van der Waals surface area (Å²) in [4.78, 5) is 16.1. The van der Waals surface area contributed by atoms with E-state index in [-0.39, 0.29) is 0 Å². The molecule has 1 aromatic heterocycles. The molecule has 1 aliphatic carbocycles. The minimum Gasteiger partial charge on any atom is -0.462 e. The molecular formula is C15H23N3O2. The standard InChI is InChI=1S/C15H23N3O2/c1-3-11(7-10-5-6-10)18-14-8-12(13(16)9-17-14)15(19)20-4-2/h8-11H,3-7,16H2,1-2H3,(H,17,18). The molecule has 2 rings (SSSR count). The average Bonchev–Trinajstić information content (AvgIpc) is 3.24. The molecule has 5 heteroatoms. The highest BCUT2D eigenvalue weighted by atomic mass is 16.5. The Bertz CT molecular complexity index is 472. The topological polar surface area (TPSA) is 77.2 Å². The van der Waals surface area contributed by atoms with Crippen LogP contribution in [-0.4, -0.2) is 23.6 Å². The molecule has 0 amide bonds. The number of aromatic nitrogens is 1. The van der Waals surface area contributed by atoms with Gasteiger partial charge in [0.15, 0.2) is 0 Å². The van der Waals surface area contributed by atoms with Gasteiger partial charge in [0.2, 0.25) is 0 Å². The molecule has 0 aromatic carbocycles. The fraction of sp³-hybridized carbons (Fsp3) is 0.600. The van der Waals surface area contributed by atoms with E-state index in [1.807, 2.05) is 0 Å². The Morgan fingerprint density at radius 1 is 1.55 bits per heavy atom. The van der Waals surface area contributed by atoms with Gasteiger partial charge in [-0.1, -0.05) is 19.8 Å². The first-order chi connectivity index (χ1) is 9.63. The monoisotopic (exact) mass is 277 g/mol. The van der Waals surface area contributed by atoms with E-state index >= 15 is 0 Å². The minimum atomic E-state index is -0.398. The predicted molar refractivity (Wildman–Crippen MR) is 79.6 cm³/mol. The van der Waals surface area contributed by atoms with Gasteiger partial charge in [0.05, 0.1) is 24.1 Å². The van der Waals surface area contributed by atoms with Crippen molar-refractivity contribution in [2.45, 2.75) is 45.6 Å². The van der Waals surface area contributed by atoms with E-state index in [1.165, 1.54) is 19.0 Å². The second-order valence-electron chi connectivity index (χ2n) is 5.31. The Hall–Kier alpha value is -1.78. The molecule has 1 atom stereocenters. The Balaban J connectivity index is 2.07. The van der Waals surface area contributed by atoms with Gasteiger partial charge in [-0.05, 0) is 31.7 Å². The van der Waals surface area contributed by atoms with Gasteiger partial charge < -0.3 is 15.8 Å². The summed E-state index contributed by atoms with van der Waals surface area (Å²) in [7, 11) is 0. The third-order valence-electron chi connectivity index (χ3n) is 3.59. The summed E-state index contributed by atoms with van der Waals surface area (Å²) in [5.74, 6) is 1.14. The van der Waals surface area contributed by atoms with Gasteiger partial charge in [0.1, 0.15) is 5.82 Å². The summed E-state index contributed by atoms with van der Waals surface area (Å²) in [5.41, 5.74) is 6.51. The molecule has 0 spiro atoms. The minimum absolute atomic E-state index is 0.336. The van der Waals surface area contributed by atoms with E-state index in [1.54, 1.807) is 13.0 Å². The first kappa shape index (κ1) is 14.6. The first-order valence-corrected chi connectivity index (χ1v) is 7.33. The van der Waals surface area contributed by atoms with E-state index < -0.39 is 5.97 Å². The highest BCUT2D eigenvalue weighted by Crippen LogP contribution is 2.34. The van der Waals surface area contributed by atoms with Crippen molar-refractivity contribution in [2.75, 3.05) is 17.7 Å². The lowest BCUT2D eigenvalue weighted by Crippen LogP contribution is -2.20. The summed E-state index contributed by atoms with van der Waals surface area (Å²) in [6, 6.07) is 2.08. The van der Waals surface area contributed by atoms with Crippen LogP contribution in [0, 0.1) is 5.92 Å². The smallest absolute Gasteiger partial charge is 0.340 e. The van der Waals surface area contributed by atoms with Crippen LogP contribution in [0.25, 0.3) is 0 Å². The molecule has 0 radical (unpaired) electrons. The maximum absolute atomic E-state index is 11.8. The molecule has 0 aliphatic heterocycles. The lowest BCUT2D eigenvalue weighted by atomic mass is 10.1. The van der Waals surface area contributed by atoms with Crippen molar-refractivity contribution in [3.8, 4) is 0 Å². The van der Waals surface area contributed by atoms with Crippen LogP contribution in [-0.2, 0) is 4.74 Å². The molecule has 1 heterocycles. The Kier molecular flexibility index (Phi) is 4.82. The van der Waals surface area contributed by atoms with E-state index in [0.717, 1.165) is 18.8 Å². The second-order valence-corrected chi connectivity index (χ2v) is 5.31. The normalized spacial score (nSPS) is 15.7. The van der Waals surface area contributed by atoms with Gasteiger partial charge in [-0.25, -0.2) is 9.78 Å². The molecule has 0 saturated heterocycles.